The standard InChI is InChI=1S/C21H27N3O2.C2HF3O2/c1-25-19-7-5-16(6-8-19)13-18-14-24(21-22-10-2-11-23-21)12-9-20(18)26-15-17-3-4-17;3-2(4,5)1(6)7/h2,5-8,10-11,17-18,20H,3-4,9,12-15H2,1H3;(H,6,7)/t18-,20-;/m0./s1. The second-order valence-corrected chi connectivity index (χ2v) is 8.21. The fourth-order valence-electron chi connectivity index (χ4n) is 3.67. The van der Waals surface area contributed by atoms with E-state index >= 15 is 0 Å². The molecule has 2 aromatic rings. The van der Waals surface area contributed by atoms with E-state index in [0.29, 0.717) is 12.0 Å². The van der Waals surface area contributed by atoms with Crippen molar-refractivity contribution in [1.29, 1.82) is 0 Å². The lowest BCUT2D eigenvalue weighted by molar-refractivity contribution is -0.192. The van der Waals surface area contributed by atoms with Gasteiger partial charge in [0, 0.05) is 38.0 Å². The lowest BCUT2D eigenvalue weighted by Gasteiger charge is -2.38. The Bertz CT molecular complexity index is 877. The summed E-state index contributed by atoms with van der Waals surface area (Å²) in [5.74, 6) is 0.213. The van der Waals surface area contributed by atoms with Gasteiger partial charge in [-0.3, -0.25) is 0 Å². The number of anilines is 1. The first-order chi connectivity index (χ1) is 15.8. The molecule has 2 fully saturated rings. The first kappa shape index (κ1) is 24.8. The highest BCUT2D eigenvalue weighted by Gasteiger charge is 2.38. The predicted octanol–water partition coefficient (Wildman–Crippen LogP) is 3.98. The monoisotopic (exact) mass is 467 g/mol. The molecule has 4 rings (SSSR count). The highest BCUT2D eigenvalue weighted by atomic mass is 19.4. The zero-order chi connectivity index (χ0) is 23.8. The average Bonchev–Trinajstić information content (AvgIpc) is 3.64. The molecule has 1 aromatic carbocycles. The number of alkyl halides is 3. The average molecular weight is 467 g/mol. The van der Waals surface area contributed by atoms with Crippen LogP contribution in [0.3, 0.4) is 0 Å². The third kappa shape index (κ3) is 7.88. The smallest absolute Gasteiger partial charge is 0.490 e. The molecule has 1 aliphatic carbocycles. The maximum absolute atomic E-state index is 10.6. The van der Waals surface area contributed by atoms with E-state index in [1.54, 1.807) is 7.11 Å². The van der Waals surface area contributed by atoms with Crippen LogP contribution in [0, 0.1) is 11.8 Å². The van der Waals surface area contributed by atoms with E-state index in [4.69, 9.17) is 19.4 Å². The fraction of sp³-hybridized carbons (Fsp3) is 0.522. The van der Waals surface area contributed by atoms with Crippen molar-refractivity contribution < 1.29 is 32.5 Å². The predicted molar refractivity (Wildman–Crippen MR) is 115 cm³/mol. The molecule has 1 N–H and O–H groups in total. The van der Waals surface area contributed by atoms with E-state index in [1.165, 1.54) is 18.4 Å². The second kappa shape index (κ2) is 11.3. The molecule has 2 aliphatic rings. The van der Waals surface area contributed by atoms with Gasteiger partial charge in [-0.1, -0.05) is 12.1 Å². The molecule has 0 amide bonds. The van der Waals surface area contributed by atoms with Gasteiger partial charge in [0.2, 0.25) is 5.95 Å². The molecule has 2 heterocycles. The molecule has 1 saturated heterocycles. The Morgan fingerprint density at radius 2 is 1.79 bits per heavy atom. The highest BCUT2D eigenvalue weighted by Crippen LogP contribution is 2.32. The van der Waals surface area contributed by atoms with Crippen LogP contribution in [0.4, 0.5) is 19.1 Å². The molecule has 0 spiro atoms. The van der Waals surface area contributed by atoms with Crippen LogP contribution in [-0.4, -0.2) is 60.1 Å². The van der Waals surface area contributed by atoms with Gasteiger partial charge < -0.3 is 19.5 Å². The highest BCUT2D eigenvalue weighted by molar-refractivity contribution is 5.73. The molecule has 10 heteroatoms. The maximum Gasteiger partial charge on any atom is 0.490 e. The first-order valence-electron chi connectivity index (χ1n) is 10.8. The van der Waals surface area contributed by atoms with E-state index in [9.17, 15) is 13.2 Å². The van der Waals surface area contributed by atoms with Crippen LogP contribution in [0.1, 0.15) is 24.8 Å². The lowest BCUT2D eigenvalue weighted by Crippen LogP contribution is -2.46. The van der Waals surface area contributed by atoms with E-state index in [0.717, 1.165) is 50.2 Å². The molecule has 0 unspecified atom stereocenters. The number of piperidine rings is 1. The van der Waals surface area contributed by atoms with Crippen LogP contribution < -0.4 is 9.64 Å². The van der Waals surface area contributed by atoms with Crippen molar-refractivity contribution in [1.82, 2.24) is 9.97 Å². The van der Waals surface area contributed by atoms with Crippen LogP contribution >= 0.6 is 0 Å². The van der Waals surface area contributed by atoms with Gasteiger partial charge in [-0.25, -0.2) is 14.8 Å². The normalized spacial score (nSPS) is 20.5. The molecule has 7 nitrogen and oxygen atoms in total. The molecule has 2 atom stereocenters. The van der Waals surface area contributed by atoms with Gasteiger partial charge in [-0.2, -0.15) is 13.2 Å². The Balaban J connectivity index is 0.000000383. The summed E-state index contributed by atoms with van der Waals surface area (Å²) in [5, 5.41) is 7.12. The number of benzene rings is 1. The number of nitrogens with zero attached hydrogens (tertiary/aromatic N) is 3. The number of aliphatic carboxylic acids is 1. The summed E-state index contributed by atoms with van der Waals surface area (Å²) in [6.45, 7) is 2.81. The van der Waals surface area contributed by atoms with Gasteiger partial charge in [-0.15, -0.1) is 0 Å². The molecule has 33 heavy (non-hydrogen) atoms. The van der Waals surface area contributed by atoms with Crippen molar-refractivity contribution in [2.75, 3.05) is 31.7 Å². The van der Waals surface area contributed by atoms with Crippen LogP contribution in [0.5, 0.6) is 5.75 Å². The largest absolute Gasteiger partial charge is 0.497 e. The minimum absolute atomic E-state index is 0.317. The molecule has 0 bridgehead atoms. The van der Waals surface area contributed by atoms with Crippen LogP contribution in [0.15, 0.2) is 42.7 Å². The minimum atomic E-state index is -5.08. The number of carbonyl (C=O) groups is 1. The number of hydrogen-bond donors (Lipinski definition) is 1. The van der Waals surface area contributed by atoms with Gasteiger partial charge in [0.25, 0.3) is 0 Å². The Labute approximate surface area is 190 Å². The van der Waals surface area contributed by atoms with Crippen LogP contribution in [0.25, 0.3) is 0 Å². The van der Waals surface area contributed by atoms with Crippen molar-refractivity contribution >= 4 is 11.9 Å². The number of hydrogen-bond acceptors (Lipinski definition) is 6. The zero-order valence-electron chi connectivity index (χ0n) is 18.4. The lowest BCUT2D eigenvalue weighted by atomic mass is 9.88. The van der Waals surface area contributed by atoms with Crippen LogP contribution in [-0.2, 0) is 16.0 Å². The second-order valence-electron chi connectivity index (χ2n) is 8.21. The third-order valence-electron chi connectivity index (χ3n) is 5.64. The zero-order valence-corrected chi connectivity index (χ0v) is 18.4. The molecule has 1 aromatic heterocycles. The molecular weight excluding hydrogens is 439 g/mol. The molecule has 0 radical (unpaired) electrons. The van der Waals surface area contributed by atoms with Crippen molar-refractivity contribution in [2.24, 2.45) is 11.8 Å². The van der Waals surface area contributed by atoms with Gasteiger partial charge in [-0.05, 0) is 55.4 Å². The molecule has 180 valence electrons. The minimum Gasteiger partial charge on any atom is -0.497 e. The number of carboxylic acids is 1. The summed E-state index contributed by atoms with van der Waals surface area (Å²) in [6.07, 6.45) is 3.57. The number of halogens is 3. The summed E-state index contributed by atoms with van der Waals surface area (Å²) < 4.78 is 43.3. The summed E-state index contributed by atoms with van der Waals surface area (Å²) >= 11 is 0. The fourth-order valence-corrected chi connectivity index (χ4v) is 3.67. The van der Waals surface area contributed by atoms with E-state index in [2.05, 4.69) is 27.0 Å². The Kier molecular flexibility index (Phi) is 8.49. The maximum atomic E-state index is 10.6. The number of rotatable bonds is 7. The SMILES string of the molecule is COc1ccc(C[C@H]2CN(c3ncccn3)CC[C@@H]2OCC2CC2)cc1.O=C(O)C(F)(F)F. The van der Waals surface area contributed by atoms with Gasteiger partial charge in [0.05, 0.1) is 13.2 Å². The number of ether oxygens (including phenoxy) is 2. The molecule has 1 saturated carbocycles. The Morgan fingerprint density at radius 1 is 1.15 bits per heavy atom. The summed E-state index contributed by atoms with van der Waals surface area (Å²) in [5.41, 5.74) is 1.33. The Morgan fingerprint density at radius 3 is 2.33 bits per heavy atom. The first-order valence-corrected chi connectivity index (χ1v) is 10.8. The van der Waals surface area contributed by atoms with Gasteiger partial charge in [0.15, 0.2) is 0 Å². The third-order valence-corrected chi connectivity index (χ3v) is 5.64. The van der Waals surface area contributed by atoms with Crippen molar-refractivity contribution in [3.8, 4) is 5.75 Å². The number of carboxylic acid groups (broad SMARTS) is 1. The number of aromatic nitrogens is 2. The quantitative estimate of drug-likeness (QED) is 0.659. The van der Waals surface area contributed by atoms with E-state index < -0.39 is 12.1 Å². The Hall–Kier alpha value is -2.88. The summed E-state index contributed by atoms with van der Waals surface area (Å²) in [7, 11) is 1.70. The molecular formula is C23H28F3N3O4. The topological polar surface area (TPSA) is 84.8 Å². The van der Waals surface area contributed by atoms with Crippen molar-refractivity contribution in [2.45, 2.75) is 38.0 Å². The van der Waals surface area contributed by atoms with E-state index in [1.807, 2.05) is 30.6 Å². The van der Waals surface area contributed by atoms with Crippen LogP contribution in [0.2, 0.25) is 0 Å². The molecule has 1 aliphatic heterocycles. The van der Waals surface area contributed by atoms with E-state index in [-0.39, 0.29) is 0 Å². The van der Waals surface area contributed by atoms with Gasteiger partial charge in [0.1, 0.15) is 5.75 Å². The van der Waals surface area contributed by atoms with Crippen molar-refractivity contribution in [3.63, 3.8) is 0 Å². The van der Waals surface area contributed by atoms with Gasteiger partial charge >= 0.3 is 12.1 Å². The summed E-state index contributed by atoms with van der Waals surface area (Å²) in [6, 6.07) is 10.3. The van der Waals surface area contributed by atoms with Crippen molar-refractivity contribution in [3.05, 3.63) is 48.3 Å². The summed E-state index contributed by atoms with van der Waals surface area (Å²) in [4.78, 5) is 20.1. The number of methoxy groups -OCH3 is 1.